The Morgan fingerprint density at radius 2 is 1.05 bits per heavy atom. The van der Waals surface area contributed by atoms with Gasteiger partial charge >= 0.3 is 0 Å². The zero-order valence-corrected chi connectivity index (χ0v) is 34.4. The van der Waals surface area contributed by atoms with Crippen molar-refractivity contribution in [3.63, 3.8) is 0 Å². The highest BCUT2D eigenvalue weighted by molar-refractivity contribution is 6.10. The van der Waals surface area contributed by atoms with E-state index in [2.05, 4.69) is 212 Å². The second kappa shape index (κ2) is 14.5. The molecule has 11 aromatic rings. The third-order valence-electron chi connectivity index (χ3n) is 12.0. The van der Waals surface area contributed by atoms with Crippen molar-refractivity contribution < 1.29 is 4.42 Å². The summed E-state index contributed by atoms with van der Waals surface area (Å²) in [6, 6.07) is 71.8. The number of anilines is 3. The Kier molecular flexibility index (Phi) is 8.68. The Morgan fingerprint density at radius 3 is 1.80 bits per heavy atom. The Balaban J connectivity index is 1.10. The lowest BCUT2D eigenvalue weighted by molar-refractivity contribution is 0.590. The molecule has 0 saturated heterocycles. The number of furan rings is 1. The highest BCUT2D eigenvalue weighted by Crippen LogP contribution is 2.43. The van der Waals surface area contributed by atoms with Gasteiger partial charge in [-0.1, -0.05) is 154 Å². The molecule has 3 aromatic heterocycles. The quantitative estimate of drug-likeness (QED) is 0.161. The number of para-hydroxylation sites is 3. The monoisotopic (exact) mass is 785 g/mol. The van der Waals surface area contributed by atoms with Gasteiger partial charge in [-0.2, -0.15) is 0 Å². The van der Waals surface area contributed by atoms with Crippen molar-refractivity contribution in [1.82, 2.24) is 9.55 Å². The van der Waals surface area contributed by atoms with Gasteiger partial charge in [-0.05, 0) is 100.0 Å². The zero-order chi connectivity index (χ0) is 41.1. The topological polar surface area (TPSA) is 34.2 Å². The first-order chi connectivity index (χ1) is 29.9. The van der Waals surface area contributed by atoms with E-state index in [0.29, 0.717) is 0 Å². The van der Waals surface area contributed by atoms with Crippen LogP contribution in [0.1, 0.15) is 26.3 Å². The number of pyridine rings is 1. The maximum Gasteiger partial charge on any atom is 0.145 e. The number of hydrogen-bond acceptors (Lipinski definition) is 3. The Labute approximate surface area is 355 Å². The van der Waals surface area contributed by atoms with Crippen molar-refractivity contribution in [2.75, 3.05) is 4.90 Å². The first-order valence-corrected chi connectivity index (χ1v) is 20.9. The SMILES string of the molecule is CC(C)(C)c1ccc(-c2cc(N(c3ccc(-c4ccccc4)cc3)c3ccc(-c4cccc5c4oc4ccccc45)cc3)ccc2-n2c3ccccc3c3cccnc32)cc1. The summed E-state index contributed by atoms with van der Waals surface area (Å²) in [6.07, 6.45) is 1.89. The number of rotatable bonds is 7. The van der Waals surface area contributed by atoms with Gasteiger partial charge in [0.1, 0.15) is 16.8 Å². The van der Waals surface area contributed by atoms with Crippen LogP contribution in [0.25, 0.3) is 82.9 Å². The summed E-state index contributed by atoms with van der Waals surface area (Å²) in [5.74, 6) is 0. The summed E-state index contributed by atoms with van der Waals surface area (Å²) < 4.78 is 8.79. The normalized spacial score (nSPS) is 11.9. The van der Waals surface area contributed by atoms with E-state index in [1.807, 2.05) is 24.4 Å². The van der Waals surface area contributed by atoms with Crippen LogP contribution >= 0.6 is 0 Å². The smallest absolute Gasteiger partial charge is 0.145 e. The number of fused-ring (bicyclic) bond motifs is 6. The summed E-state index contributed by atoms with van der Waals surface area (Å²) in [7, 11) is 0. The third-order valence-corrected chi connectivity index (χ3v) is 12.0. The van der Waals surface area contributed by atoms with Gasteiger partial charge in [0, 0.05) is 55.9 Å². The summed E-state index contributed by atoms with van der Waals surface area (Å²) in [6.45, 7) is 6.80. The number of hydrogen-bond donors (Lipinski definition) is 0. The van der Waals surface area contributed by atoms with Gasteiger partial charge in [0.05, 0.1) is 11.2 Å². The van der Waals surface area contributed by atoms with Crippen LogP contribution in [0.5, 0.6) is 0 Å². The molecule has 0 aliphatic heterocycles. The standard InChI is InChI=1S/C57H43N3O/c1-57(2,3)42-28-22-41(23-29-42)51-37-45(34-35-53(51)60-52-20-9-7-15-47(52)50-19-12-36-58-56(50)60)59(43-30-24-39(25-31-43)38-13-5-4-6-14-38)44-32-26-40(27-33-44)46-17-11-18-49-48-16-8-10-21-54(48)61-55(46)49/h4-37H,1-3H3. The second-order valence-corrected chi connectivity index (χ2v) is 16.8. The van der Waals surface area contributed by atoms with Crippen molar-refractivity contribution in [1.29, 1.82) is 0 Å². The van der Waals surface area contributed by atoms with Gasteiger partial charge in [-0.3, -0.25) is 4.57 Å². The Morgan fingerprint density at radius 1 is 0.459 bits per heavy atom. The van der Waals surface area contributed by atoms with Crippen molar-refractivity contribution in [2.45, 2.75) is 26.2 Å². The summed E-state index contributed by atoms with van der Waals surface area (Å²) >= 11 is 0. The van der Waals surface area contributed by atoms with Gasteiger partial charge in [0.25, 0.3) is 0 Å². The average molecular weight is 786 g/mol. The minimum absolute atomic E-state index is 0.0325. The number of nitrogens with zero attached hydrogens (tertiary/aromatic N) is 3. The molecule has 0 atom stereocenters. The molecule has 292 valence electrons. The molecule has 0 spiro atoms. The number of benzene rings is 8. The molecule has 0 amide bonds. The predicted octanol–water partition coefficient (Wildman–Crippen LogP) is 15.8. The average Bonchev–Trinajstić information content (AvgIpc) is 3.86. The molecule has 4 heteroatoms. The fourth-order valence-corrected chi connectivity index (χ4v) is 8.92. The molecular formula is C57H43N3O. The third kappa shape index (κ3) is 6.36. The van der Waals surface area contributed by atoms with Crippen LogP contribution < -0.4 is 4.90 Å². The van der Waals surface area contributed by atoms with Crippen LogP contribution in [0.3, 0.4) is 0 Å². The summed E-state index contributed by atoms with van der Waals surface area (Å²) in [5.41, 5.74) is 16.2. The predicted molar refractivity (Wildman–Crippen MR) is 256 cm³/mol. The molecule has 0 fully saturated rings. The molecular weight excluding hydrogens is 743 g/mol. The van der Waals surface area contributed by atoms with Crippen LogP contribution in [-0.4, -0.2) is 9.55 Å². The molecule has 3 heterocycles. The van der Waals surface area contributed by atoms with Crippen LogP contribution in [-0.2, 0) is 5.41 Å². The first kappa shape index (κ1) is 36.4. The van der Waals surface area contributed by atoms with Gasteiger partial charge in [0.15, 0.2) is 0 Å². The lowest BCUT2D eigenvalue weighted by atomic mass is 9.86. The molecule has 11 rings (SSSR count). The Hall–Kier alpha value is -7.69. The molecule has 0 bridgehead atoms. The molecule has 8 aromatic carbocycles. The van der Waals surface area contributed by atoms with E-state index < -0.39 is 0 Å². The maximum absolute atomic E-state index is 6.46. The van der Waals surface area contributed by atoms with Crippen molar-refractivity contribution in [3.8, 4) is 39.1 Å². The van der Waals surface area contributed by atoms with Crippen LogP contribution in [0.15, 0.2) is 211 Å². The minimum atomic E-state index is 0.0325. The van der Waals surface area contributed by atoms with Crippen molar-refractivity contribution in [2.24, 2.45) is 0 Å². The van der Waals surface area contributed by atoms with E-state index in [1.165, 1.54) is 22.1 Å². The van der Waals surface area contributed by atoms with E-state index in [4.69, 9.17) is 9.40 Å². The van der Waals surface area contributed by atoms with Crippen LogP contribution in [0.4, 0.5) is 17.1 Å². The highest BCUT2D eigenvalue weighted by Gasteiger charge is 2.22. The van der Waals surface area contributed by atoms with E-state index in [9.17, 15) is 0 Å². The molecule has 0 aliphatic carbocycles. The van der Waals surface area contributed by atoms with E-state index >= 15 is 0 Å². The van der Waals surface area contributed by atoms with E-state index in [0.717, 1.165) is 83.5 Å². The second-order valence-electron chi connectivity index (χ2n) is 16.8. The molecule has 0 aliphatic rings. The minimum Gasteiger partial charge on any atom is -0.455 e. The summed E-state index contributed by atoms with van der Waals surface area (Å²) in [4.78, 5) is 7.33. The van der Waals surface area contributed by atoms with Gasteiger partial charge in [-0.25, -0.2) is 4.98 Å². The fraction of sp³-hybridized carbons (Fsp3) is 0.0702. The lowest BCUT2D eigenvalue weighted by Crippen LogP contribution is -2.11. The largest absolute Gasteiger partial charge is 0.455 e. The molecule has 4 nitrogen and oxygen atoms in total. The van der Waals surface area contributed by atoms with Crippen molar-refractivity contribution >= 4 is 60.9 Å². The van der Waals surface area contributed by atoms with Gasteiger partial charge < -0.3 is 9.32 Å². The van der Waals surface area contributed by atoms with E-state index in [1.54, 1.807) is 0 Å². The van der Waals surface area contributed by atoms with Gasteiger partial charge in [0.2, 0.25) is 0 Å². The summed E-state index contributed by atoms with van der Waals surface area (Å²) in [5, 5.41) is 4.57. The number of aromatic nitrogens is 2. The molecule has 61 heavy (non-hydrogen) atoms. The van der Waals surface area contributed by atoms with Crippen LogP contribution in [0.2, 0.25) is 0 Å². The molecule has 0 unspecified atom stereocenters. The highest BCUT2D eigenvalue weighted by atomic mass is 16.3. The Bertz CT molecular complexity index is 3320. The van der Waals surface area contributed by atoms with E-state index in [-0.39, 0.29) is 5.41 Å². The van der Waals surface area contributed by atoms with Gasteiger partial charge in [-0.15, -0.1) is 0 Å². The van der Waals surface area contributed by atoms with Crippen LogP contribution in [0, 0.1) is 0 Å². The molecule has 0 N–H and O–H groups in total. The zero-order valence-electron chi connectivity index (χ0n) is 34.4. The first-order valence-electron chi connectivity index (χ1n) is 20.9. The maximum atomic E-state index is 6.46. The lowest BCUT2D eigenvalue weighted by Gasteiger charge is -2.27. The molecule has 0 saturated carbocycles. The molecule has 0 radical (unpaired) electrons. The fourth-order valence-electron chi connectivity index (χ4n) is 8.92. The van der Waals surface area contributed by atoms with Crippen molar-refractivity contribution in [3.05, 3.63) is 212 Å².